The van der Waals surface area contributed by atoms with Gasteiger partial charge in [-0.05, 0) is 42.2 Å². The molecule has 30 heavy (non-hydrogen) atoms. The third kappa shape index (κ3) is 3.79. The van der Waals surface area contributed by atoms with Gasteiger partial charge in [-0.15, -0.1) is 0 Å². The number of esters is 1. The number of halogens is 3. The van der Waals surface area contributed by atoms with Gasteiger partial charge in [-0.25, -0.2) is 4.79 Å². The summed E-state index contributed by atoms with van der Waals surface area (Å²) in [5, 5.41) is 9.66. The van der Waals surface area contributed by atoms with Crippen molar-refractivity contribution in [2.45, 2.75) is 43.7 Å². The summed E-state index contributed by atoms with van der Waals surface area (Å²) >= 11 is 0. The van der Waals surface area contributed by atoms with Crippen molar-refractivity contribution in [3.63, 3.8) is 0 Å². The Morgan fingerprint density at radius 3 is 2.60 bits per heavy atom. The van der Waals surface area contributed by atoms with Gasteiger partial charge in [-0.2, -0.15) is 13.2 Å². The molecule has 2 aliphatic heterocycles. The van der Waals surface area contributed by atoms with Gasteiger partial charge in [0.25, 0.3) is 5.91 Å². The lowest BCUT2D eigenvalue weighted by Crippen LogP contribution is -2.49. The van der Waals surface area contributed by atoms with E-state index in [9.17, 15) is 27.9 Å². The summed E-state index contributed by atoms with van der Waals surface area (Å²) in [5.41, 5.74) is 1.96. The van der Waals surface area contributed by atoms with E-state index in [1.54, 1.807) is 6.07 Å². The van der Waals surface area contributed by atoms with Gasteiger partial charge in [-0.3, -0.25) is 4.79 Å². The topological polar surface area (TPSA) is 66.8 Å². The van der Waals surface area contributed by atoms with Gasteiger partial charge in [0.2, 0.25) is 0 Å². The van der Waals surface area contributed by atoms with Crippen molar-refractivity contribution in [2.75, 3.05) is 6.54 Å². The predicted molar refractivity (Wildman–Crippen MR) is 101 cm³/mol. The monoisotopic (exact) mass is 419 g/mol. The minimum atomic E-state index is -4.80. The van der Waals surface area contributed by atoms with Gasteiger partial charge < -0.3 is 14.7 Å². The van der Waals surface area contributed by atoms with Crippen LogP contribution in [-0.4, -0.2) is 46.7 Å². The molecular weight excluding hydrogens is 399 g/mol. The van der Waals surface area contributed by atoms with Crippen LogP contribution in [0.1, 0.15) is 50.8 Å². The molecular formula is C22H20F3NO4. The maximum absolute atomic E-state index is 13.0. The lowest BCUT2D eigenvalue weighted by atomic mass is 9.93. The maximum Gasteiger partial charge on any atom is 0.416 e. The minimum absolute atomic E-state index is 0.0831. The lowest BCUT2D eigenvalue weighted by Gasteiger charge is -2.30. The van der Waals surface area contributed by atoms with Crippen LogP contribution in [0.5, 0.6) is 0 Å². The van der Waals surface area contributed by atoms with Gasteiger partial charge in [0.05, 0.1) is 11.6 Å². The van der Waals surface area contributed by atoms with Crippen LogP contribution in [0.3, 0.4) is 0 Å². The number of cyclic esters (lactones) is 1. The number of hydrogen-bond acceptors (Lipinski definition) is 4. The maximum atomic E-state index is 13.0. The number of amides is 1. The molecule has 1 saturated heterocycles. The molecule has 0 unspecified atom stereocenters. The number of benzene rings is 2. The highest BCUT2D eigenvalue weighted by molar-refractivity contribution is 5.98. The molecule has 0 radical (unpaired) electrons. The molecule has 1 fully saturated rings. The zero-order valence-electron chi connectivity index (χ0n) is 15.9. The molecule has 2 aromatic carbocycles. The zero-order chi connectivity index (χ0) is 21.5. The highest BCUT2D eigenvalue weighted by Gasteiger charge is 2.48. The summed E-state index contributed by atoms with van der Waals surface area (Å²) in [6.07, 6.45) is -7.05. The van der Waals surface area contributed by atoms with E-state index in [2.05, 4.69) is 0 Å². The highest BCUT2D eigenvalue weighted by Crippen LogP contribution is 2.34. The quantitative estimate of drug-likeness (QED) is 0.771. The van der Waals surface area contributed by atoms with E-state index < -0.39 is 36.3 Å². The summed E-state index contributed by atoms with van der Waals surface area (Å²) < 4.78 is 44.4. The van der Waals surface area contributed by atoms with Crippen molar-refractivity contribution in [3.05, 3.63) is 70.8 Å². The molecule has 2 aromatic rings. The van der Waals surface area contributed by atoms with E-state index in [0.29, 0.717) is 24.0 Å². The largest absolute Gasteiger partial charge is 0.454 e. The minimum Gasteiger partial charge on any atom is -0.454 e. The number of carbonyl (C=O) groups is 2. The van der Waals surface area contributed by atoms with Crippen LogP contribution in [0.2, 0.25) is 0 Å². The average Bonchev–Trinajstić information content (AvgIpc) is 3.21. The number of hydrogen-bond donors (Lipinski definition) is 1. The van der Waals surface area contributed by atoms with E-state index in [1.807, 2.05) is 30.3 Å². The molecule has 1 N–H and O–H groups in total. The smallest absolute Gasteiger partial charge is 0.416 e. The molecule has 2 aliphatic rings. The van der Waals surface area contributed by atoms with Crippen LogP contribution in [0.15, 0.2) is 48.5 Å². The Kier molecular flexibility index (Phi) is 5.27. The first-order chi connectivity index (χ1) is 14.3. The van der Waals surface area contributed by atoms with Crippen molar-refractivity contribution >= 4 is 11.9 Å². The van der Waals surface area contributed by atoms with Crippen molar-refractivity contribution < 1.29 is 32.6 Å². The zero-order valence-corrected chi connectivity index (χ0v) is 15.9. The van der Waals surface area contributed by atoms with Crippen molar-refractivity contribution in [3.8, 4) is 0 Å². The predicted octanol–water partition coefficient (Wildman–Crippen LogP) is 3.67. The Hall–Kier alpha value is -2.87. The number of alkyl halides is 3. The third-order valence-corrected chi connectivity index (χ3v) is 5.66. The second kappa shape index (κ2) is 7.75. The molecule has 158 valence electrons. The number of likely N-dealkylation sites (tertiary alicyclic amines) is 1. The van der Waals surface area contributed by atoms with Gasteiger partial charge in [0.15, 0.2) is 6.10 Å². The van der Waals surface area contributed by atoms with E-state index in [0.717, 1.165) is 10.5 Å². The van der Waals surface area contributed by atoms with Crippen LogP contribution < -0.4 is 0 Å². The number of nitrogens with zero attached hydrogens (tertiary/aromatic N) is 1. The average molecular weight is 419 g/mol. The first-order valence-corrected chi connectivity index (χ1v) is 9.70. The number of rotatable bonds is 3. The SMILES string of the molecule is O=C1O[C@H](c2ccccc2)Cc2cc(C(=O)N3CCC[C@@H]3[C@H](O)C(F)(F)F)ccc21. The first-order valence-electron chi connectivity index (χ1n) is 9.70. The molecule has 2 heterocycles. The Morgan fingerprint density at radius 1 is 1.17 bits per heavy atom. The van der Waals surface area contributed by atoms with Crippen LogP contribution in [-0.2, 0) is 11.2 Å². The molecule has 8 heteroatoms. The Balaban J connectivity index is 1.59. The van der Waals surface area contributed by atoms with E-state index in [-0.39, 0.29) is 18.5 Å². The van der Waals surface area contributed by atoms with E-state index >= 15 is 0 Å². The van der Waals surface area contributed by atoms with Gasteiger partial charge in [0.1, 0.15) is 6.10 Å². The molecule has 0 bridgehead atoms. The standard InChI is InChI=1S/C22H20F3NO4/c23-22(24,25)19(27)17-7-4-10-26(17)20(28)14-8-9-16-15(11-14)12-18(30-21(16)29)13-5-2-1-3-6-13/h1-3,5-6,8-9,11,17-19,27H,4,7,10,12H2/t17-,18+,19+/m1/s1. The van der Waals surface area contributed by atoms with Crippen LogP contribution in [0.4, 0.5) is 13.2 Å². The fraction of sp³-hybridized carbons (Fsp3) is 0.364. The first kappa shape index (κ1) is 20.4. The van der Waals surface area contributed by atoms with Crippen LogP contribution in [0, 0.1) is 0 Å². The highest BCUT2D eigenvalue weighted by atomic mass is 19.4. The second-order valence-electron chi connectivity index (χ2n) is 7.58. The van der Waals surface area contributed by atoms with Crippen molar-refractivity contribution in [1.29, 1.82) is 0 Å². The fourth-order valence-electron chi connectivity index (χ4n) is 4.14. The van der Waals surface area contributed by atoms with Crippen molar-refractivity contribution in [2.24, 2.45) is 0 Å². The number of carbonyl (C=O) groups excluding carboxylic acids is 2. The molecule has 4 rings (SSSR count). The Bertz CT molecular complexity index is 961. The number of ether oxygens (including phenoxy) is 1. The summed E-state index contributed by atoms with van der Waals surface area (Å²) in [4.78, 5) is 26.4. The number of fused-ring (bicyclic) bond motifs is 1. The van der Waals surface area contributed by atoms with E-state index in [4.69, 9.17) is 4.74 Å². The number of aliphatic hydroxyl groups excluding tert-OH is 1. The van der Waals surface area contributed by atoms with Gasteiger partial charge in [0, 0.05) is 18.5 Å². The number of aliphatic hydroxyl groups is 1. The van der Waals surface area contributed by atoms with Crippen LogP contribution in [0.25, 0.3) is 0 Å². The molecule has 5 nitrogen and oxygen atoms in total. The molecule has 1 amide bonds. The molecule has 0 spiro atoms. The third-order valence-electron chi connectivity index (χ3n) is 5.66. The summed E-state index contributed by atoms with van der Waals surface area (Å²) in [7, 11) is 0. The van der Waals surface area contributed by atoms with Crippen LogP contribution >= 0.6 is 0 Å². The molecule has 0 aliphatic carbocycles. The Morgan fingerprint density at radius 2 is 1.90 bits per heavy atom. The van der Waals surface area contributed by atoms with Crippen molar-refractivity contribution in [1.82, 2.24) is 4.90 Å². The normalized spacial score (nSPS) is 22.4. The molecule has 0 saturated carbocycles. The molecule has 3 atom stereocenters. The summed E-state index contributed by atoms with van der Waals surface area (Å²) in [6.45, 7) is 0.141. The molecule has 0 aromatic heterocycles. The second-order valence-corrected chi connectivity index (χ2v) is 7.58. The summed E-state index contributed by atoms with van der Waals surface area (Å²) in [6, 6.07) is 12.3. The summed E-state index contributed by atoms with van der Waals surface area (Å²) in [5.74, 6) is -1.09. The van der Waals surface area contributed by atoms with Gasteiger partial charge >= 0.3 is 12.1 Å². The Labute approximate surface area is 171 Å². The van der Waals surface area contributed by atoms with Gasteiger partial charge in [-0.1, -0.05) is 30.3 Å². The lowest BCUT2D eigenvalue weighted by molar-refractivity contribution is -0.216. The van der Waals surface area contributed by atoms with E-state index in [1.165, 1.54) is 12.1 Å². The fourth-order valence-corrected chi connectivity index (χ4v) is 4.14.